The van der Waals surface area contributed by atoms with Gasteiger partial charge in [0.25, 0.3) is 5.91 Å². The Balaban J connectivity index is 1.88. The molecule has 9 nitrogen and oxygen atoms in total. The fourth-order valence-electron chi connectivity index (χ4n) is 4.03. The van der Waals surface area contributed by atoms with Crippen LogP contribution in [0.3, 0.4) is 0 Å². The summed E-state index contributed by atoms with van der Waals surface area (Å²) < 4.78 is 10.3. The van der Waals surface area contributed by atoms with E-state index in [1.54, 1.807) is 50.5 Å². The van der Waals surface area contributed by atoms with Crippen LogP contribution in [-0.2, 0) is 20.9 Å². The van der Waals surface area contributed by atoms with Gasteiger partial charge in [0.15, 0.2) is 12.4 Å². The average Bonchev–Trinajstić information content (AvgIpc) is 3.48. The van der Waals surface area contributed by atoms with Gasteiger partial charge in [-0.05, 0) is 43.2 Å². The number of likely N-dealkylation sites (tertiary alicyclic amines) is 1. The van der Waals surface area contributed by atoms with Gasteiger partial charge in [-0.2, -0.15) is 0 Å². The molecule has 2 N–H and O–H groups in total. The minimum Gasteiger partial charge on any atom is -0.872 e. The zero-order valence-corrected chi connectivity index (χ0v) is 17.7. The number of carbonyl (C=O) groups is 3. The van der Waals surface area contributed by atoms with E-state index in [1.807, 2.05) is 0 Å². The predicted molar refractivity (Wildman–Crippen MR) is 109 cm³/mol. The number of ether oxygens (including phenoxy) is 1. The van der Waals surface area contributed by atoms with E-state index in [9.17, 15) is 19.5 Å². The summed E-state index contributed by atoms with van der Waals surface area (Å²) in [5.74, 6) is -2.65. The van der Waals surface area contributed by atoms with Gasteiger partial charge in [-0.1, -0.05) is 5.76 Å². The van der Waals surface area contributed by atoms with Gasteiger partial charge in [-0.25, -0.2) is 9.78 Å². The molecule has 32 heavy (non-hydrogen) atoms. The lowest BCUT2D eigenvalue weighted by atomic mass is 9.97. The number of carbonyl (C=O) groups excluding carboxylic acids is 3. The van der Waals surface area contributed by atoms with Crippen LogP contribution in [0.1, 0.15) is 44.7 Å². The van der Waals surface area contributed by atoms with E-state index >= 15 is 0 Å². The van der Waals surface area contributed by atoms with E-state index < -0.39 is 29.5 Å². The zero-order valence-electron chi connectivity index (χ0n) is 17.7. The first-order chi connectivity index (χ1) is 15.3. The van der Waals surface area contributed by atoms with Crippen molar-refractivity contribution < 1.29 is 33.6 Å². The van der Waals surface area contributed by atoms with Crippen molar-refractivity contribution in [3.05, 3.63) is 82.3 Å². The summed E-state index contributed by atoms with van der Waals surface area (Å²) in [5, 5.41) is 13.6. The second-order valence-electron chi connectivity index (χ2n) is 7.45. The Bertz CT molecular complexity index is 1220. The topological polar surface area (TPSA) is 130 Å². The van der Waals surface area contributed by atoms with Crippen LogP contribution in [0.25, 0.3) is 5.76 Å². The number of hydrogen-bond acceptors (Lipinski definition) is 6. The molecule has 1 atom stereocenters. The van der Waals surface area contributed by atoms with Crippen molar-refractivity contribution in [3.63, 3.8) is 0 Å². The number of nitrogens with zero attached hydrogens (tertiary/aromatic N) is 1. The van der Waals surface area contributed by atoms with Gasteiger partial charge in [-0.15, -0.1) is 0 Å². The molecule has 4 rings (SSSR count). The molecule has 1 unspecified atom stereocenters. The number of methoxy groups -OCH3 is 1. The lowest BCUT2D eigenvalue weighted by Crippen LogP contribution is -2.29. The molecule has 0 aliphatic carbocycles. The summed E-state index contributed by atoms with van der Waals surface area (Å²) >= 11 is 0. The normalized spacial score (nSPS) is 17.7. The molecule has 1 fully saturated rings. The third-order valence-electron chi connectivity index (χ3n) is 5.52. The van der Waals surface area contributed by atoms with E-state index in [1.165, 1.54) is 18.3 Å². The molecule has 1 saturated heterocycles. The van der Waals surface area contributed by atoms with Crippen LogP contribution in [0.15, 0.2) is 52.9 Å². The number of Topliss-reactive ketones (excluding diaryl/α,β-unsaturated/α-hetero) is 1. The number of aromatic amines is 2. The van der Waals surface area contributed by atoms with Crippen molar-refractivity contribution >= 4 is 23.4 Å². The number of nitrogens with one attached hydrogen (secondary N) is 2. The first-order valence-electron chi connectivity index (χ1n) is 9.87. The predicted octanol–water partition coefficient (Wildman–Crippen LogP) is 1.25. The first kappa shape index (κ1) is 21.1. The van der Waals surface area contributed by atoms with Crippen molar-refractivity contribution in [3.8, 4) is 0 Å². The fourth-order valence-corrected chi connectivity index (χ4v) is 4.03. The zero-order chi connectivity index (χ0) is 23.0. The largest absolute Gasteiger partial charge is 0.872 e. The number of aryl methyl sites for hydroxylation is 1. The quantitative estimate of drug-likeness (QED) is 0.278. The van der Waals surface area contributed by atoms with E-state index in [-0.39, 0.29) is 23.4 Å². The summed E-state index contributed by atoms with van der Waals surface area (Å²) in [4.78, 5) is 45.2. The molecule has 1 amide bonds. The number of hydrogen-bond donors (Lipinski definition) is 1. The van der Waals surface area contributed by atoms with Crippen LogP contribution in [-0.4, -0.2) is 34.7 Å². The third-order valence-corrected chi connectivity index (χ3v) is 5.52. The van der Waals surface area contributed by atoms with E-state index in [0.29, 0.717) is 17.0 Å². The molecular formula is C23H21N3O6. The molecule has 1 aliphatic rings. The van der Waals surface area contributed by atoms with Crippen LogP contribution in [0.4, 0.5) is 0 Å². The van der Waals surface area contributed by atoms with Gasteiger partial charge in [0.1, 0.15) is 17.5 Å². The SMILES string of the molecule is COC(=O)c1[nH]c(C)c(C([O-])=C2C(=O)C(=O)N(Cc3ccc[nH+]c3)C2c2ccco2)c1C. The molecule has 1 aliphatic heterocycles. The van der Waals surface area contributed by atoms with Crippen molar-refractivity contribution in [2.75, 3.05) is 7.11 Å². The fraction of sp³-hybridized carbons (Fsp3) is 0.217. The number of aromatic nitrogens is 2. The smallest absolute Gasteiger partial charge is 0.354 e. The van der Waals surface area contributed by atoms with E-state index in [0.717, 1.165) is 5.56 Å². The van der Waals surface area contributed by atoms with Gasteiger partial charge in [0.05, 0.1) is 19.9 Å². The number of ketones is 1. The summed E-state index contributed by atoms with van der Waals surface area (Å²) in [5.41, 5.74) is 1.56. The molecule has 0 aromatic carbocycles. The molecule has 3 aromatic heterocycles. The molecule has 0 spiro atoms. The monoisotopic (exact) mass is 435 g/mol. The number of H-pyrrole nitrogens is 2. The second kappa shape index (κ2) is 8.18. The Hall–Kier alpha value is -4.14. The molecule has 9 heteroatoms. The Morgan fingerprint density at radius 3 is 2.69 bits per heavy atom. The Labute approximate surface area is 183 Å². The summed E-state index contributed by atoms with van der Waals surface area (Å²) in [7, 11) is 1.24. The van der Waals surface area contributed by atoms with Crippen LogP contribution in [0, 0.1) is 13.8 Å². The van der Waals surface area contributed by atoms with Gasteiger partial charge in [-0.3, -0.25) is 9.59 Å². The Morgan fingerprint density at radius 1 is 1.28 bits per heavy atom. The van der Waals surface area contributed by atoms with E-state index in [4.69, 9.17) is 9.15 Å². The highest BCUT2D eigenvalue weighted by atomic mass is 16.5. The van der Waals surface area contributed by atoms with Gasteiger partial charge in [0.2, 0.25) is 5.78 Å². The molecule has 0 saturated carbocycles. The maximum absolute atomic E-state index is 13.6. The second-order valence-corrected chi connectivity index (χ2v) is 7.45. The number of pyridine rings is 1. The third kappa shape index (κ3) is 3.37. The van der Waals surface area contributed by atoms with E-state index in [2.05, 4.69) is 9.97 Å². The van der Waals surface area contributed by atoms with Crippen molar-refractivity contribution in [1.29, 1.82) is 0 Å². The van der Waals surface area contributed by atoms with Gasteiger partial charge >= 0.3 is 5.97 Å². The number of amides is 1. The minimum absolute atomic E-state index is 0.0998. The average molecular weight is 435 g/mol. The molecule has 3 aromatic rings. The van der Waals surface area contributed by atoms with Crippen LogP contribution in [0.2, 0.25) is 0 Å². The highest BCUT2D eigenvalue weighted by Crippen LogP contribution is 2.40. The first-order valence-corrected chi connectivity index (χ1v) is 9.87. The summed E-state index contributed by atoms with van der Waals surface area (Å²) in [6, 6.07) is 5.83. The lowest BCUT2D eigenvalue weighted by molar-refractivity contribution is -0.378. The molecular weight excluding hydrogens is 414 g/mol. The van der Waals surface area contributed by atoms with Crippen molar-refractivity contribution in [1.82, 2.24) is 9.88 Å². The number of rotatable bonds is 5. The molecule has 164 valence electrons. The molecule has 4 heterocycles. The van der Waals surface area contributed by atoms with Crippen LogP contribution < -0.4 is 10.1 Å². The molecule has 0 radical (unpaired) electrons. The highest BCUT2D eigenvalue weighted by Gasteiger charge is 2.46. The Kier molecular flexibility index (Phi) is 5.40. The van der Waals surface area contributed by atoms with Crippen molar-refractivity contribution in [2.45, 2.75) is 26.4 Å². The lowest BCUT2D eigenvalue weighted by Gasteiger charge is -2.25. The maximum Gasteiger partial charge on any atom is 0.354 e. The Morgan fingerprint density at radius 2 is 2.06 bits per heavy atom. The maximum atomic E-state index is 13.6. The standard InChI is InChI=1S/C23H21N3O6/c1-12-16(13(2)25-18(12)23(30)31-3)20(27)17-19(15-7-5-9-32-15)26(22(29)21(17)28)11-14-6-4-8-24-10-14/h4-10,19,25,27H,11H2,1-3H3. The summed E-state index contributed by atoms with van der Waals surface area (Å²) in [6.07, 6.45) is 4.85. The molecule has 0 bridgehead atoms. The minimum atomic E-state index is -0.993. The summed E-state index contributed by atoms with van der Waals surface area (Å²) in [6.45, 7) is 3.31. The number of esters is 1. The van der Waals surface area contributed by atoms with Gasteiger partial charge in [0, 0.05) is 22.9 Å². The van der Waals surface area contributed by atoms with Crippen LogP contribution in [0.5, 0.6) is 0 Å². The van der Waals surface area contributed by atoms with Gasteiger partial charge < -0.3 is 24.1 Å². The number of furan rings is 1. The van der Waals surface area contributed by atoms with Crippen molar-refractivity contribution in [2.24, 2.45) is 0 Å². The highest BCUT2D eigenvalue weighted by molar-refractivity contribution is 6.46. The van der Waals surface area contributed by atoms with Crippen LogP contribution >= 0.6 is 0 Å².